The van der Waals surface area contributed by atoms with Gasteiger partial charge in [-0.2, -0.15) is 0 Å². The fraction of sp³-hybridized carbons (Fsp3) is 0.412. The van der Waals surface area contributed by atoms with Gasteiger partial charge in [-0.3, -0.25) is 10.1 Å². The molecule has 8 nitrogen and oxygen atoms in total. The van der Waals surface area contributed by atoms with Gasteiger partial charge in [0.05, 0.1) is 29.3 Å². The number of nitrogens with one attached hydrogen (secondary N) is 2. The van der Waals surface area contributed by atoms with E-state index in [9.17, 15) is 10.1 Å². The first kappa shape index (κ1) is 18.4. The summed E-state index contributed by atoms with van der Waals surface area (Å²) < 4.78 is 5.28. The van der Waals surface area contributed by atoms with E-state index in [4.69, 9.17) is 4.52 Å². The van der Waals surface area contributed by atoms with Crippen LogP contribution in [0.3, 0.4) is 0 Å². The molecule has 0 spiro atoms. The van der Waals surface area contributed by atoms with Crippen molar-refractivity contribution in [2.24, 2.45) is 4.99 Å². The molecular formula is C17H23N5O3. The molecular weight excluding hydrogens is 322 g/mol. The largest absolute Gasteiger partial charge is 0.359 e. The number of hydrogen-bond acceptors (Lipinski definition) is 5. The summed E-state index contributed by atoms with van der Waals surface area (Å²) in [4.78, 5) is 15.1. The van der Waals surface area contributed by atoms with Crippen LogP contribution in [0.5, 0.6) is 0 Å². The van der Waals surface area contributed by atoms with Crippen LogP contribution in [0, 0.1) is 10.1 Å². The van der Waals surface area contributed by atoms with Crippen molar-refractivity contribution in [1.82, 2.24) is 15.8 Å². The van der Waals surface area contributed by atoms with E-state index >= 15 is 0 Å². The van der Waals surface area contributed by atoms with E-state index in [1.54, 1.807) is 18.2 Å². The van der Waals surface area contributed by atoms with E-state index in [2.05, 4.69) is 20.8 Å². The van der Waals surface area contributed by atoms with Gasteiger partial charge in [-0.05, 0) is 12.8 Å². The molecule has 1 aromatic carbocycles. The lowest BCUT2D eigenvalue weighted by atomic mass is 10.1. The molecule has 0 fully saturated rings. The highest BCUT2D eigenvalue weighted by Crippen LogP contribution is 2.18. The van der Waals surface area contributed by atoms with Crippen LogP contribution in [0.25, 0.3) is 0 Å². The fourth-order valence-corrected chi connectivity index (χ4v) is 2.18. The Labute approximate surface area is 146 Å². The van der Waals surface area contributed by atoms with Crippen molar-refractivity contribution in [3.05, 3.63) is 57.5 Å². The van der Waals surface area contributed by atoms with Gasteiger partial charge < -0.3 is 15.2 Å². The van der Waals surface area contributed by atoms with E-state index in [1.165, 1.54) is 6.07 Å². The summed E-state index contributed by atoms with van der Waals surface area (Å²) in [6.45, 7) is 7.37. The maximum atomic E-state index is 11.1. The van der Waals surface area contributed by atoms with Crippen molar-refractivity contribution in [3.8, 4) is 0 Å². The highest BCUT2D eigenvalue weighted by atomic mass is 16.6. The number of benzene rings is 1. The van der Waals surface area contributed by atoms with Gasteiger partial charge in [-0.1, -0.05) is 37.2 Å². The summed E-state index contributed by atoms with van der Waals surface area (Å²) in [5.74, 6) is 1.57. The summed E-state index contributed by atoms with van der Waals surface area (Å²) in [7, 11) is 0. The number of rotatable bonds is 7. The van der Waals surface area contributed by atoms with Crippen molar-refractivity contribution in [2.45, 2.75) is 39.8 Å². The van der Waals surface area contributed by atoms with Gasteiger partial charge in [0, 0.05) is 18.7 Å². The molecule has 0 aliphatic heterocycles. The zero-order chi connectivity index (χ0) is 18.2. The minimum Gasteiger partial charge on any atom is -0.359 e. The van der Waals surface area contributed by atoms with Crippen LogP contribution >= 0.6 is 0 Å². The first-order valence-corrected chi connectivity index (χ1v) is 8.21. The molecule has 134 valence electrons. The lowest BCUT2D eigenvalue weighted by Gasteiger charge is -2.10. The molecule has 0 atom stereocenters. The second kappa shape index (κ2) is 8.81. The monoisotopic (exact) mass is 345 g/mol. The van der Waals surface area contributed by atoms with Crippen LogP contribution in [-0.2, 0) is 13.1 Å². The van der Waals surface area contributed by atoms with Crippen LogP contribution in [-0.4, -0.2) is 22.6 Å². The molecule has 0 radical (unpaired) electrons. The van der Waals surface area contributed by atoms with E-state index in [0.29, 0.717) is 36.3 Å². The Balaban J connectivity index is 2.04. The lowest BCUT2D eigenvalue weighted by molar-refractivity contribution is -0.385. The molecule has 2 aromatic rings. The van der Waals surface area contributed by atoms with E-state index in [-0.39, 0.29) is 12.2 Å². The highest BCUT2D eigenvalue weighted by molar-refractivity contribution is 5.79. The van der Waals surface area contributed by atoms with Gasteiger partial charge in [0.15, 0.2) is 11.7 Å². The molecule has 0 aliphatic rings. The Bertz CT molecular complexity index is 739. The first-order chi connectivity index (χ1) is 12.0. The quantitative estimate of drug-likeness (QED) is 0.346. The van der Waals surface area contributed by atoms with Crippen LogP contribution in [0.4, 0.5) is 5.69 Å². The third-order valence-electron chi connectivity index (χ3n) is 3.54. The Hall–Kier alpha value is -2.90. The minimum absolute atomic E-state index is 0.0684. The molecule has 25 heavy (non-hydrogen) atoms. The maximum Gasteiger partial charge on any atom is 0.274 e. The van der Waals surface area contributed by atoms with Crippen molar-refractivity contribution in [1.29, 1.82) is 0 Å². The second-order valence-electron chi connectivity index (χ2n) is 5.81. The number of aromatic nitrogens is 1. The van der Waals surface area contributed by atoms with Gasteiger partial charge in [-0.25, -0.2) is 4.99 Å². The smallest absolute Gasteiger partial charge is 0.274 e. The van der Waals surface area contributed by atoms with Crippen molar-refractivity contribution < 1.29 is 9.45 Å². The zero-order valence-corrected chi connectivity index (χ0v) is 14.7. The third-order valence-corrected chi connectivity index (χ3v) is 3.54. The number of aliphatic imine (C=N–C) groups is 1. The van der Waals surface area contributed by atoms with E-state index < -0.39 is 4.92 Å². The minimum atomic E-state index is -0.396. The number of nitro benzene ring substituents is 1. The van der Waals surface area contributed by atoms with Crippen LogP contribution in [0.2, 0.25) is 0 Å². The third kappa shape index (κ3) is 5.30. The van der Waals surface area contributed by atoms with Gasteiger partial charge >= 0.3 is 0 Å². The molecule has 0 aliphatic carbocycles. The van der Waals surface area contributed by atoms with Crippen LogP contribution < -0.4 is 10.6 Å². The zero-order valence-electron chi connectivity index (χ0n) is 14.7. The number of nitro groups is 1. The predicted molar refractivity (Wildman–Crippen MR) is 95.3 cm³/mol. The van der Waals surface area contributed by atoms with Crippen molar-refractivity contribution >= 4 is 11.6 Å². The predicted octanol–water partition coefficient (Wildman–Crippen LogP) is 2.96. The average Bonchev–Trinajstić information content (AvgIpc) is 3.07. The fourth-order valence-electron chi connectivity index (χ4n) is 2.18. The number of para-hydroxylation sites is 1. The molecule has 0 bridgehead atoms. The molecule has 0 amide bonds. The van der Waals surface area contributed by atoms with Crippen LogP contribution in [0.15, 0.2) is 39.8 Å². The van der Waals surface area contributed by atoms with Gasteiger partial charge in [-0.15, -0.1) is 0 Å². The Morgan fingerprint density at radius 2 is 2.12 bits per heavy atom. The summed E-state index contributed by atoms with van der Waals surface area (Å²) in [6.07, 6.45) is 0. The SMILES string of the molecule is CCNC(=NCc1ccccc1[N+](=O)[O-])NCc1cc(C(C)C)no1. The average molecular weight is 345 g/mol. The first-order valence-electron chi connectivity index (χ1n) is 8.21. The molecule has 8 heteroatoms. The van der Waals surface area contributed by atoms with Crippen molar-refractivity contribution in [3.63, 3.8) is 0 Å². The Morgan fingerprint density at radius 1 is 1.36 bits per heavy atom. The van der Waals surface area contributed by atoms with Crippen LogP contribution in [0.1, 0.15) is 43.7 Å². The Kier molecular flexibility index (Phi) is 6.50. The summed E-state index contributed by atoms with van der Waals surface area (Å²) >= 11 is 0. The molecule has 2 N–H and O–H groups in total. The van der Waals surface area contributed by atoms with Gasteiger partial charge in [0.25, 0.3) is 5.69 Å². The van der Waals surface area contributed by atoms with E-state index in [1.807, 2.05) is 26.8 Å². The Morgan fingerprint density at radius 3 is 2.76 bits per heavy atom. The summed E-state index contributed by atoms with van der Waals surface area (Å²) in [5, 5.41) is 21.3. The lowest BCUT2D eigenvalue weighted by Crippen LogP contribution is -2.36. The molecule has 0 saturated carbocycles. The summed E-state index contributed by atoms with van der Waals surface area (Å²) in [5.41, 5.74) is 1.53. The highest BCUT2D eigenvalue weighted by Gasteiger charge is 2.12. The molecule has 1 aromatic heterocycles. The van der Waals surface area contributed by atoms with Gasteiger partial charge in [0.1, 0.15) is 0 Å². The topological polar surface area (TPSA) is 106 Å². The maximum absolute atomic E-state index is 11.1. The molecule has 0 unspecified atom stereocenters. The molecule has 1 heterocycles. The number of guanidine groups is 1. The second-order valence-corrected chi connectivity index (χ2v) is 5.81. The number of nitrogens with zero attached hydrogens (tertiary/aromatic N) is 3. The normalized spacial score (nSPS) is 11.6. The number of hydrogen-bond donors (Lipinski definition) is 2. The van der Waals surface area contributed by atoms with E-state index in [0.717, 1.165) is 5.69 Å². The summed E-state index contributed by atoms with van der Waals surface area (Å²) in [6, 6.07) is 8.50. The molecule has 2 rings (SSSR count). The van der Waals surface area contributed by atoms with Gasteiger partial charge in [0.2, 0.25) is 0 Å². The van der Waals surface area contributed by atoms with Crippen molar-refractivity contribution in [2.75, 3.05) is 6.54 Å². The standard InChI is InChI=1S/C17H23N5O3/c1-4-18-17(20-11-14-9-15(12(2)3)21-25-14)19-10-13-7-5-6-8-16(13)22(23)24/h5-9,12H,4,10-11H2,1-3H3,(H2,18,19,20). The molecule has 0 saturated heterocycles.